The van der Waals surface area contributed by atoms with E-state index < -0.39 is 12.8 Å². The number of hydrogen-bond donors (Lipinski definition) is 2. The molecular weight excluding hydrogens is 412 g/mol. The van der Waals surface area contributed by atoms with Gasteiger partial charge < -0.3 is 15.4 Å². The first-order valence-corrected chi connectivity index (χ1v) is 10.2. The number of pyridine rings is 3. The van der Waals surface area contributed by atoms with Crippen LogP contribution in [0.3, 0.4) is 0 Å². The smallest absolute Gasteiger partial charge is 0.255 e. The van der Waals surface area contributed by atoms with E-state index in [4.69, 9.17) is 4.74 Å². The summed E-state index contributed by atoms with van der Waals surface area (Å²) in [5, 5.41) is 5.58. The van der Waals surface area contributed by atoms with Crippen LogP contribution in [0.5, 0.6) is 5.88 Å². The Bertz CT molecular complexity index is 1120. The second-order valence-corrected chi connectivity index (χ2v) is 7.54. The average molecular weight is 434 g/mol. The van der Waals surface area contributed by atoms with Crippen LogP contribution in [0.1, 0.15) is 30.1 Å². The number of anilines is 2. The number of carbonyl (C=O) groups is 2. The maximum Gasteiger partial charge on any atom is 0.255 e. The highest BCUT2D eigenvalue weighted by Gasteiger charge is 2.29. The van der Waals surface area contributed by atoms with Crippen LogP contribution in [0.15, 0.2) is 55.1 Å². The fourth-order valence-electron chi connectivity index (χ4n) is 3.00. The molecule has 3 heterocycles. The second kappa shape index (κ2) is 9.51. The third kappa shape index (κ3) is 5.23. The number of nitrogens with one attached hydrogen (secondary N) is 2. The molecular formula is C23H22FN5O3. The summed E-state index contributed by atoms with van der Waals surface area (Å²) < 4.78 is 18.0. The van der Waals surface area contributed by atoms with Crippen molar-refractivity contribution >= 4 is 23.3 Å². The van der Waals surface area contributed by atoms with Gasteiger partial charge in [0.25, 0.3) is 5.91 Å². The van der Waals surface area contributed by atoms with Gasteiger partial charge in [0.1, 0.15) is 18.6 Å². The lowest BCUT2D eigenvalue weighted by atomic mass is 10.1. The molecule has 0 saturated heterocycles. The van der Waals surface area contributed by atoms with E-state index in [2.05, 4.69) is 25.6 Å². The van der Waals surface area contributed by atoms with Gasteiger partial charge in [-0.05, 0) is 44.0 Å². The van der Waals surface area contributed by atoms with Crippen LogP contribution < -0.4 is 15.4 Å². The molecule has 1 fully saturated rings. The molecule has 1 unspecified atom stereocenters. The van der Waals surface area contributed by atoms with Gasteiger partial charge in [-0.15, -0.1) is 0 Å². The van der Waals surface area contributed by atoms with Crippen LogP contribution in [0, 0.1) is 5.92 Å². The van der Waals surface area contributed by atoms with E-state index in [1.54, 1.807) is 49.8 Å². The number of ether oxygens (including phenoxy) is 1. The monoisotopic (exact) mass is 434 g/mol. The van der Waals surface area contributed by atoms with Gasteiger partial charge >= 0.3 is 0 Å². The molecule has 3 aromatic rings. The van der Waals surface area contributed by atoms with Gasteiger partial charge in [-0.3, -0.25) is 14.6 Å². The Balaban J connectivity index is 1.49. The molecule has 164 valence electrons. The molecule has 9 heteroatoms. The third-order valence-electron chi connectivity index (χ3n) is 4.88. The highest BCUT2D eigenvalue weighted by atomic mass is 18.2. The number of rotatable bonds is 8. The molecule has 0 bridgehead atoms. The van der Waals surface area contributed by atoms with Crippen molar-refractivity contribution in [3.05, 3.63) is 60.7 Å². The van der Waals surface area contributed by atoms with Crippen LogP contribution in [-0.4, -0.2) is 39.5 Å². The molecule has 0 radical (unpaired) electrons. The lowest BCUT2D eigenvalue weighted by molar-refractivity contribution is -0.117. The molecule has 1 atom stereocenters. The Morgan fingerprint density at radius 1 is 1.12 bits per heavy atom. The van der Waals surface area contributed by atoms with E-state index in [-0.39, 0.29) is 17.7 Å². The van der Waals surface area contributed by atoms with Gasteiger partial charge in [-0.25, -0.2) is 14.4 Å². The van der Waals surface area contributed by atoms with Gasteiger partial charge in [0.2, 0.25) is 11.8 Å². The summed E-state index contributed by atoms with van der Waals surface area (Å²) in [6.07, 6.45) is 7.40. The SMILES string of the molecule is CC(C[18F])Oc1ccc(-c2ccncc2NC(=O)c2ccnc(NC(=O)C3CC3)c2)cn1. The first-order chi connectivity index (χ1) is 15.5. The molecule has 1 saturated carbocycles. The summed E-state index contributed by atoms with van der Waals surface area (Å²) in [7, 11) is 0. The zero-order valence-electron chi connectivity index (χ0n) is 17.4. The van der Waals surface area contributed by atoms with Crippen LogP contribution in [0.4, 0.5) is 15.9 Å². The number of aromatic nitrogens is 3. The van der Waals surface area contributed by atoms with Crippen molar-refractivity contribution in [3.63, 3.8) is 0 Å². The molecule has 4 rings (SSSR count). The highest BCUT2D eigenvalue weighted by Crippen LogP contribution is 2.30. The maximum absolute atomic E-state index is 12.8. The zero-order valence-corrected chi connectivity index (χ0v) is 17.4. The Kier molecular flexibility index (Phi) is 6.34. The van der Waals surface area contributed by atoms with Crippen molar-refractivity contribution in [2.45, 2.75) is 25.9 Å². The minimum absolute atomic E-state index is 0.0396. The summed E-state index contributed by atoms with van der Waals surface area (Å²) in [6.45, 7) is 1.01. The second-order valence-electron chi connectivity index (χ2n) is 7.54. The fraction of sp³-hybridized carbons (Fsp3) is 0.261. The van der Waals surface area contributed by atoms with E-state index in [0.29, 0.717) is 28.5 Å². The number of amides is 2. The maximum atomic E-state index is 12.8. The van der Waals surface area contributed by atoms with Crippen molar-refractivity contribution in [2.75, 3.05) is 17.3 Å². The molecule has 2 amide bonds. The first kappa shape index (κ1) is 21.4. The Labute approximate surface area is 184 Å². The van der Waals surface area contributed by atoms with Crippen LogP contribution in [0.25, 0.3) is 11.1 Å². The first-order valence-electron chi connectivity index (χ1n) is 10.2. The molecule has 0 aromatic carbocycles. The van der Waals surface area contributed by atoms with Gasteiger partial charge in [0.05, 0.1) is 11.9 Å². The predicted molar refractivity (Wildman–Crippen MR) is 117 cm³/mol. The molecule has 0 spiro atoms. The topological polar surface area (TPSA) is 106 Å². The predicted octanol–water partition coefficient (Wildman–Crippen LogP) is 3.88. The standard InChI is InChI=1S/C23H22FN5O3/c1-14(11-24)32-21-5-4-17(12-27-21)18-7-8-25-13-19(18)28-23(31)16-6-9-26-20(10-16)29-22(30)15-2-3-15/h4-10,12-15H,2-3,11H2,1H3,(H,28,31)(H,26,29,30)/i24-1. The lowest BCUT2D eigenvalue weighted by Crippen LogP contribution is -2.16. The van der Waals surface area contributed by atoms with E-state index in [1.165, 1.54) is 12.3 Å². The zero-order chi connectivity index (χ0) is 22.5. The van der Waals surface area contributed by atoms with Crippen molar-refractivity contribution < 1.29 is 18.7 Å². The fourth-order valence-corrected chi connectivity index (χ4v) is 3.00. The van der Waals surface area contributed by atoms with Gasteiger partial charge in [0.15, 0.2) is 0 Å². The highest BCUT2D eigenvalue weighted by molar-refractivity contribution is 6.06. The number of nitrogens with zero attached hydrogens (tertiary/aromatic N) is 3. The third-order valence-corrected chi connectivity index (χ3v) is 4.88. The molecule has 1 aliphatic rings. The van der Waals surface area contributed by atoms with Crippen molar-refractivity contribution in [3.8, 4) is 17.0 Å². The number of hydrogen-bond acceptors (Lipinski definition) is 6. The summed E-state index contributed by atoms with van der Waals surface area (Å²) in [6, 6.07) is 8.27. The van der Waals surface area contributed by atoms with Gasteiger partial charge in [0, 0.05) is 47.3 Å². The van der Waals surface area contributed by atoms with Gasteiger partial charge in [-0.2, -0.15) is 0 Å². The Morgan fingerprint density at radius 2 is 1.97 bits per heavy atom. The van der Waals surface area contributed by atoms with Crippen molar-refractivity contribution in [1.29, 1.82) is 0 Å². The average Bonchev–Trinajstić information content (AvgIpc) is 3.66. The van der Waals surface area contributed by atoms with Gasteiger partial charge in [-0.1, -0.05) is 0 Å². The van der Waals surface area contributed by atoms with Crippen LogP contribution in [-0.2, 0) is 4.79 Å². The summed E-state index contributed by atoms with van der Waals surface area (Å²) in [4.78, 5) is 37.2. The van der Waals surface area contributed by atoms with Crippen LogP contribution in [0.2, 0.25) is 0 Å². The normalized spacial score (nSPS) is 13.8. The lowest BCUT2D eigenvalue weighted by Gasteiger charge is -2.13. The number of carbonyl (C=O) groups excluding carboxylic acids is 2. The summed E-state index contributed by atoms with van der Waals surface area (Å²) >= 11 is 0. The van der Waals surface area contributed by atoms with E-state index in [0.717, 1.165) is 18.4 Å². The molecule has 8 nitrogen and oxygen atoms in total. The minimum Gasteiger partial charge on any atom is -0.472 e. The number of alkyl halides is 1. The molecule has 1 aliphatic carbocycles. The molecule has 32 heavy (non-hydrogen) atoms. The Morgan fingerprint density at radius 3 is 2.69 bits per heavy atom. The van der Waals surface area contributed by atoms with Crippen molar-refractivity contribution in [1.82, 2.24) is 15.0 Å². The van der Waals surface area contributed by atoms with E-state index in [1.807, 2.05) is 0 Å². The Hall–Kier alpha value is -3.88. The van der Waals surface area contributed by atoms with Crippen LogP contribution >= 0.6 is 0 Å². The minimum atomic E-state index is -0.606. The molecule has 2 N–H and O–H groups in total. The summed E-state index contributed by atoms with van der Waals surface area (Å²) in [5.74, 6) is 0.246. The largest absolute Gasteiger partial charge is 0.472 e. The molecule has 0 aliphatic heterocycles. The molecule has 3 aromatic heterocycles. The van der Waals surface area contributed by atoms with Crippen molar-refractivity contribution in [2.24, 2.45) is 5.92 Å². The summed E-state index contributed by atoms with van der Waals surface area (Å²) in [5.41, 5.74) is 2.28. The quantitative estimate of drug-likeness (QED) is 0.557. The van der Waals surface area contributed by atoms with E-state index in [9.17, 15) is 14.0 Å². The number of halogens is 1. The van der Waals surface area contributed by atoms with E-state index >= 15 is 0 Å².